The van der Waals surface area contributed by atoms with Crippen molar-refractivity contribution in [2.75, 3.05) is 19.8 Å². The van der Waals surface area contributed by atoms with Crippen molar-refractivity contribution in [1.29, 1.82) is 0 Å². The second kappa shape index (κ2) is 6.36. The van der Waals surface area contributed by atoms with Crippen molar-refractivity contribution >= 4 is 0 Å². The summed E-state index contributed by atoms with van der Waals surface area (Å²) in [4.78, 5) is 0. The first-order chi connectivity index (χ1) is 8.69. The third-order valence-corrected chi connectivity index (χ3v) is 4.81. The van der Waals surface area contributed by atoms with Gasteiger partial charge in [0.1, 0.15) is 0 Å². The molecule has 2 saturated heterocycles. The Labute approximate surface area is 112 Å². The van der Waals surface area contributed by atoms with E-state index in [-0.39, 0.29) is 5.60 Å². The van der Waals surface area contributed by atoms with Gasteiger partial charge in [-0.25, -0.2) is 0 Å². The van der Waals surface area contributed by atoms with Crippen LogP contribution in [0.3, 0.4) is 0 Å². The molecule has 0 bridgehead atoms. The fourth-order valence-corrected chi connectivity index (χ4v) is 3.54. The molecule has 106 valence electrons. The van der Waals surface area contributed by atoms with Gasteiger partial charge in [-0.2, -0.15) is 0 Å². The van der Waals surface area contributed by atoms with Crippen molar-refractivity contribution in [1.82, 2.24) is 5.32 Å². The van der Waals surface area contributed by atoms with E-state index in [2.05, 4.69) is 26.1 Å². The molecule has 3 unspecified atom stereocenters. The third-order valence-electron chi connectivity index (χ3n) is 4.81. The molecule has 18 heavy (non-hydrogen) atoms. The van der Waals surface area contributed by atoms with E-state index in [1.165, 1.54) is 12.8 Å². The lowest BCUT2D eigenvalue weighted by atomic mass is 9.88. The van der Waals surface area contributed by atoms with Crippen LogP contribution in [0.4, 0.5) is 0 Å². The van der Waals surface area contributed by atoms with Gasteiger partial charge in [-0.05, 0) is 25.7 Å². The average Bonchev–Trinajstić information content (AvgIpc) is 2.79. The van der Waals surface area contributed by atoms with Crippen molar-refractivity contribution in [3.8, 4) is 0 Å². The first kappa shape index (κ1) is 14.3. The zero-order valence-corrected chi connectivity index (χ0v) is 12.2. The molecule has 0 aliphatic carbocycles. The lowest BCUT2D eigenvalue weighted by molar-refractivity contribution is -0.0907. The van der Waals surface area contributed by atoms with Crippen LogP contribution in [-0.2, 0) is 9.47 Å². The van der Waals surface area contributed by atoms with Crippen molar-refractivity contribution in [3.05, 3.63) is 0 Å². The van der Waals surface area contributed by atoms with Gasteiger partial charge in [-0.1, -0.05) is 26.7 Å². The Balaban J connectivity index is 1.85. The predicted molar refractivity (Wildman–Crippen MR) is 73.8 cm³/mol. The molecule has 2 heterocycles. The van der Waals surface area contributed by atoms with Gasteiger partial charge in [-0.3, -0.25) is 0 Å². The number of hydrogen-bond donors (Lipinski definition) is 1. The summed E-state index contributed by atoms with van der Waals surface area (Å²) < 4.78 is 11.5. The summed E-state index contributed by atoms with van der Waals surface area (Å²) in [6.45, 7) is 9.48. The molecule has 3 atom stereocenters. The van der Waals surface area contributed by atoms with Gasteiger partial charge in [-0.15, -0.1) is 0 Å². The second-order valence-corrected chi connectivity index (χ2v) is 6.06. The minimum Gasteiger partial charge on any atom is -0.378 e. The van der Waals surface area contributed by atoms with Gasteiger partial charge in [0.05, 0.1) is 12.2 Å². The molecule has 2 aliphatic rings. The lowest BCUT2D eigenvalue weighted by Gasteiger charge is -2.39. The molecule has 0 saturated carbocycles. The van der Waals surface area contributed by atoms with Gasteiger partial charge >= 0.3 is 0 Å². The molecular weight excluding hydrogens is 226 g/mol. The van der Waals surface area contributed by atoms with E-state index in [0.717, 1.165) is 45.0 Å². The zero-order valence-electron chi connectivity index (χ0n) is 12.2. The van der Waals surface area contributed by atoms with E-state index in [4.69, 9.17) is 9.47 Å². The van der Waals surface area contributed by atoms with Crippen molar-refractivity contribution in [3.63, 3.8) is 0 Å². The van der Waals surface area contributed by atoms with Crippen LogP contribution in [0.15, 0.2) is 0 Å². The van der Waals surface area contributed by atoms with E-state index in [0.29, 0.717) is 12.1 Å². The highest BCUT2D eigenvalue weighted by Crippen LogP contribution is 2.33. The zero-order chi connectivity index (χ0) is 13.0. The van der Waals surface area contributed by atoms with E-state index in [9.17, 15) is 0 Å². The summed E-state index contributed by atoms with van der Waals surface area (Å²) in [5, 5.41) is 3.84. The summed E-state index contributed by atoms with van der Waals surface area (Å²) in [6.07, 6.45) is 5.87. The monoisotopic (exact) mass is 255 g/mol. The van der Waals surface area contributed by atoms with Crippen LogP contribution in [0.25, 0.3) is 0 Å². The van der Waals surface area contributed by atoms with Crippen LogP contribution < -0.4 is 5.32 Å². The maximum Gasteiger partial charge on any atom is 0.0951 e. The van der Waals surface area contributed by atoms with Crippen molar-refractivity contribution in [2.45, 2.75) is 70.6 Å². The van der Waals surface area contributed by atoms with E-state index in [1.54, 1.807) is 0 Å². The second-order valence-electron chi connectivity index (χ2n) is 6.06. The fraction of sp³-hybridized carbons (Fsp3) is 1.00. The first-order valence-corrected chi connectivity index (χ1v) is 7.67. The molecule has 2 fully saturated rings. The highest BCUT2D eigenvalue weighted by atomic mass is 16.6. The highest BCUT2D eigenvalue weighted by molar-refractivity contribution is 4.93. The van der Waals surface area contributed by atoms with Crippen molar-refractivity contribution in [2.24, 2.45) is 5.92 Å². The molecule has 0 aromatic carbocycles. The average molecular weight is 255 g/mol. The standard InChI is InChI=1S/C15H29NO2/c1-4-13(5-2)12(3)16-14-6-8-18-15(10-14)7-9-17-11-15/h12-14,16H,4-11H2,1-3H3. The summed E-state index contributed by atoms with van der Waals surface area (Å²) in [5.74, 6) is 0.795. The van der Waals surface area contributed by atoms with Crippen molar-refractivity contribution < 1.29 is 9.47 Å². The summed E-state index contributed by atoms with van der Waals surface area (Å²) >= 11 is 0. The Morgan fingerprint density at radius 2 is 2.06 bits per heavy atom. The Morgan fingerprint density at radius 3 is 2.67 bits per heavy atom. The van der Waals surface area contributed by atoms with Gasteiger partial charge in [0, 0.05) is 31.7 Å². The topological polar surface area (TPSA) is 30.5 Å². The number of nitrogens with one attached hydrogen (secondary N) is 1. The Hall–Kier alpha value is -0.120. The maximum absolute atomic E-state index is 5.99. The molecule has 0 aromatic heterocycles. The SMILES string of the molecule is CCC(CC)C(C)NC1CCOC2(CCOC2)C1. The molecule has 2 rings (SSSR count). The van der Waals surface area contributed by atoms with Crippen LogP contribution >= 0.6 is 0 Å². The third kappa shape index (κ3) is 3.25. The molecule has 0 amide bonds. The molecule has 1 N–H and O–H groups in total. The largest absolute Gasteiger partial charge is 0.378 e. The smallest absolute Gasteiger partial charge is 0.0951 e. The fourth-order valence-electron chi connectivity index (χ4n) is 3.54. The summed E-state index contributed by atoms with van der Waals surface area (Å²) in [7, 11) is 0. The van der Waals surface area contributed by atoms with E-state index in [1.807, 2.05) is 0 Å². The Morgan fingerprint density at radius 1 is 1.28 bits per heavy atom. The summed E-state index contributed by atoms with van der Waals surface area (Å²) in [6, 6.07) is 1.22. The normalized spacial score (nSPS) is 34.3. The number of ether oxygens (including phenoxy) is 2. The number of hydrogen-bond acceptors (Lipinski definition) is 3. The molecule has 1 spiro atoms. The molecule has 0 aromatic rings. The van der Waals surface area contributed by atoms with Crippen LogP contribution in [-0.4, -0.2) is 37.5 Å². The molecule has 2 aliphatic heterocycles. The Kier molecular flexibility index (Phi) is 5.05. The first-order valence-electron chi connectivity index (χ1n) is 7.67. The van der Waals surface area contributed by atoms with Gasteiger partial charge in [0.25, 0.3) is 0 Å². The van der Waals surface area contributed by atoms with Crippen LogP contribution in [0, 0.1) is 5.92 Å². The quantitative estimate of drug-likeness (QED) is 0.819. The lowest BCUT2D eigenvalue weighted by Crippen LogP contribution is -2.50. The minimum atomic E-state index is 0.0313. The van der Waals surface area contributed by atoms with E-state index < -0.39 is 0 Å². The molecular formula is C15H29NO2. The predicted octanol–water partition coefficient (Wildman–Crippen LogP) is 2.74. The highest BCUT2D eigenvalue weighted by Gasteiger charge is 2.41. The molecule has 3 heteroatoms. The van der Waals surface area contributed by atoms with Crippen LogP contribution in [0.5, 0.6) is 0 Å². The summed E-state index contributed by atoms with van der Waals surface area (Å²) in [5.41, 5.74) is 0.0313. The van der Waals surface area contributed by atoms with Crippen LogP contribution in [0.2, 0.25) is 0 Å². The minimum absolute atomic E-state index is 0.0313. The molecule has 3 nitrogen and oxygen atoms in total. The van der Waals surface area contributed by atoms with Gasteiger partial charge in [0.15, 0.2) is 0 Å². The van der Waals surface area contributed by atoms with Gasteiger partial charge < -0.3 is 14.8 Å². The molecule has 0 radical (unpaired) electrons. The Bertz CT molecular complexity index is 247. The van der Waals surface area contributed by atoms with Crippen LogP contribution in [0.1, 0.15) is 52.9 Å². The van der Waals surface area contributed by atoms with Gasteiger partial charge in [0.2, 0.25) is 0 Å². The number of rotatable bonds is 5. The van der Waals surface area contributed by atoms with E-state index >= 15 is 0 Å². The maximum atomic E-state index is 5.99.